The van der Waals surface area contributed by atoms with Crippen molar-refractivity contribution < 1.29 is 4.74 Å². The van der Waals surface area contributed by atoms with Crippen LogP contribution in [0.5, 0.6) is 5.75 Å². The van der Waals surface area contributed by atoms with E-state index in [1.54, 1.807) is 0 Å². The van der Waals surface area contributed by atoms with E-state index in [0.717, 1.165) is 27.8 Å². The number of para-hydroxylation sites is 1. The van der Waals surface area contributed by atoms with E-state index in [2.05, 4.69) is 15.9 Å². The molecule has 0 aliphatic carbocycles. The molecule has 1 aliphatic heterocycles. The summed E-state index contributed by atoms with van der Waals surface area (Å²) in [6.07, 6.45) is 0.713. The minimum atomic E-state index is -0.0458. The Morgan fingerprint density at radius 1 is 1.21 bits per heavy atom. The van der Waals surface area contributed by atoms with Gasteiger partial charge in [0.2, 0.25) is 0 Å². The second-order valence-electron chi connectivity index (χ2n) is 4.66. The standard InChI is InChI=1S/C15H13BrClNO/c16-11-6-5-9(7-12(11)17)15-8-13(18)10-3-1-2-4-14(10)19-15/h1-7,13,15H,8,18H2/t13-,15?/m1/s1. The van der Waals surface area contributed by atoms with Crippen molar-refractivity contribution in [3.8, 4) is 5.75 Å². The largest absolute Gasteiger partial charge is 0.485 e. The van der Waals surface area contributed by atoms with E-state index in [1.807, 2.05) is 42.5 Å². The molecular weight excluding hydrogens is 326 g/mol. The number of ether oxygens (including phenoxy) is 1. The summed E-state index contributed by atoms with van der Waals surface area (Å²) in [5.74, 6) is 0.866. The van der Waals surface area contributed by atoms with Crippen molar-refractivity contribution in [3.05, 3.63) is 63.1 Å². The molecule has 0 spiro atoms. The Balaban J connectivity index is 1.94. The molecule has 1 aliphatic rings. The summed E-state index contributed by atoms with van der Waals surface area (Å²) in [4.78, 5) is 0. The van der Waals surface area contributed by atoms with Crippen LogP contribution in [0.4, 0.5) is 0 Å². The summed E-state index contributed by atoms with van der Waals surface area (Å²) < 4.78 is 6.92. The molecule has 2 aromatic rings. The lowest BCUT2D eigenvalue weighted by atomic mass is 9.94. The highest BCUT2D eigenvalue weighted by Gasteiger charge is 2.26. The summed E-state index contributed by atoms with van der Waals surface area (Å²) in [5.41, 5.74) is 8.34. The predicted octanol–water partition coefficient (Wildman–Crippen LogP) is 4.63. The lowest BCUT2D eigenvalue weighted by molar-refractivity contribution is 0.161. The van der Waals surface area contributed by atoms with Crippen LogP contribution in [-0.2, 0) is 0 Å². The van der Waals surface area contributed by atoms with Crippen LogP contribution in [0, 0.1) is 0 Å². The van der Waals surface area contributed by atoms with Crippen LogP contribution < -0.4 is 10.5 Å². The van der Waals surface area contributed by atoms with Gasteiger partial charge in [-0.05, 0) is 39.7 Å². The first kappa shape index (κ1) is 13.0. The maximum absolute atomic E-state index is 6.22. The van der Waals surface area contributed by atoms with Gasteiger partial charge in [-0.2, -0.15) is 0 Å². The van der Waals surface area contributed by atoms with Gasteiger partial charge in [-0.25, -0.2) is 0 Å². The predicted molar refractivity (Wildman–Crippen MR) is 80.5 cm³/mol. The number of hydrogen-bond acceptors (Lipinski definition) is 2. The SMILES string of the molecule is N[C@@H]1CC(c2ccc(Br)c(Cl)c2)Oc2ccccc21. The smallest absolute Gasteiger partial charge is 0.126 e. The highest BCUT2D eigenvalue weighted by Crippen LogP contribution is 2.40. The topological polar surface area (TPSA) is 35.2 Å². The zero-order valence-corrected chi connectivity index (χ0v) is 12.5. The van der Waals surface area contributed by atoms with Crippen molar-refractivity contribution in [1.29, 1.82) is 0 Å². The minimum Gasteiger partial charge on any atom is -0.485 e. The van der Waals surface area contributed by atoms with Crippen LogP contribution in [0.3, 0.4) is 0 Å². The summed E-state index contributed by atoms with van der Waals surface area (Å²) >= 11 is 9.53. The molecule has 1 unspecified atom stereocenters. The molecule has 4 heteroatoms. The third-order valence-corrected chi connectivity index (χ3v) is 4.60. The van der Waals surface area contributed by atoms with Crippen molar-refractivity contribution in [2.75, 3.05) is 0 Å². The van der Waals surface area contributed by atoms with Gasteiger partial charge in [-0.15, -0.1) is 0 Å². The molecule has 0 saturated carbocycles. The van der Waals surface area contributed by atoms with Crippen LogP contribution in [0.1, 0.15) is 29.7 Å². The summed E-state index contributed by atoms with van der Waals surface area (Å²) in [6, 6.07) is 13.8. The van der Waals surface area contributed by atoms with Crippen LogP contribution in [0.15, 0.2) is 46.9 Å². The van der Waals surface area contributed by atoms with Crippen molar-refractivity contribution in [1.82, 2.24) is 0 Å². The van der Waals surface area contributed by atoms with Crippen molar-refractivity contribution in [3.63, 3.8) is 0 Å². The first-order chi connectivity index (χ1) is 9.15. The summed E-state index contributed by atoms with van der Waals surface area (Å²) in [6.45, 7) is 0. The summed E-state index contributed by atoms with van der Waals surface area (Å²) in [7, 11) is 0. The first-order valence-corrected chi connectivity index (χ1v) is 7.28. The molecule has 2 nitrogen and oxygen atoms in total. The van der Waals surface area contributed by atoms with Gasteiger partial charge in [0.1, 0.15) is 11.9 Å². The molecule has 2 N–H and O–H groups in total. The Morgan fingerprint density at radius 3 is 2.79 bits per heavy atom. The van der Waals surface area contributed by atoms with E-state index in [4.69, 9.17) is 22.1 Å². The van der Waals surface area contributed by atoms with E-state index in [9.17, 15) is 0 Å². The van der Waals surface area contributed by atoms with Gasteiger partial charge in [-0.3, -0.25) is 0 Å². The van der Waals surface area contributed by atoms with E-state index >= 15 is 0 Å². The number of hydrogen-bond donors (Lipinski definition) is 1. The molecule has 0 fully saturated rings. The fourth-order valence-electron chi connectivity index (χ4n) is 2.37. The van der Waals surface area contributed by atoms with E-state index in [0.29, 0.717) is 5.02 Å². The normalized spacial score (nSPS) is 21.6. The molecule has 0 aromatic heterocycles. The van der Waals surface area contributed by atoms with Crippen molar-refractivity contribution in [2.45, 2.75) is 18.6 Å². The number of halogens is 2. The molecule has 0 amide bonds. The summed E-state index contributed by atoms with van der Waals surface area (Å²) in [5, 5.41) is 0.688. The van der Waals surface area contributed by atoms with Crippen LogP contribution >= 0.6 is 27.5 Å². The quantitative estimate of drug-likeness (QED) is 0.823. The molecule has 98 valence electrons. The van der Waals surface area contributed by atoms with E-state index in [1.165, 1.54) is 0 Å². The van der Waals surface area contributed by atoms with Crippen LogP contribution in [0.2, 0.25) is 5.02 Å². The maximum Gasteiger partial charge on any atom is 0.126 e. The lowest BCUT2D eigenvalue weighted by Crippen LogP contribution is -2.24. The second kappa shape index (κ2) is 5.16. The number of benzene rings is 2. The Hall–Kier alpha value is -1.03. The number of nitrogens with two attached hydrogens (primary N) is 1. The fraction of sp³-hybridized carbons (Fsp3) is 0.200. The Morgan fingerprint density at radius 2 is 2.00 bits per heavy atom. The Labute approximate surface area is 125 Å². The number of fused-ring (bicyclic) bond motifs is 1. The zero-order chi connectivity index (χ0) is 13.4. The van der Waals surface area contributed by atoms with Gasteiger partial charge in [0.25, 0.3) is 0 Å². The average molecular weight is 339 g/mol. The molecule has 2 atom stereocenters. The molecule has 0 radical (unpaired) electrons. The molecule has 1 heterocycles. The van der Waals surface area contributed by atoms with Crippen LogP contribution in [-0.4, -0.2) is 0 Å². The third kappa shape index (κ3) is 2.50. The fourth-order valence-corrected chi connectivity index (χ4v) is 2.81. The maximum atomic E-state index is 6.22. The molecule has 2 aromatic carbocycles. The van der Waals surface area contributed by atoms with Gasteiger partial charge < -0.3 is 10.5 Å². The monoisotopic (exact) mass is 337 g/mol. The van der Waals surface area contributed by atoms with E-state index in [-0.39, 0.29) is 12.1 Å². The average Bonchev–Trinajstić information content (AvgIpc) is 2.42. The van der Waals surface area contributed by atoms with Gasteiger partial charge in [0, 0.05) is 22.5 Å². The Bertz CT molecular complexity index is 617. The first-order valence-electron chi connectivity index (χ1n) is 6.11. The molecule has 0 bridgehead atoms. The molecular formula is C15H13BrClNO. The highest BCUT2D eigenvalue weighted by atomic mass is 79.9. The third-order valence-electron chi connectivity index (χ3n) is 3.37. The van der Waals surface area contributed by atoms with Gasteiger partial charge in [-0.1, -0.05) is 35.9 Å². The van der Waals surface area contributed by atoms with Crippen molar-refractivity contribution in [2.24, 2.45) is 5.73 Å². The van der Waals surface area contributed by atoms with Gasteiger partial charge in [0.05, 0.1) is 5.02 Å². The lowest BCUT2D eigenvalue weighted by Gasteiger charge is -2.30. The number of rotatable bonds is 1. The van der Waals surface area contributed by atoms with Crippen LogP contribution in [0.25, 0.3) is 0 Å². The molecule has 19 heavy (non-hydrogen) atoms. The molecule has 3 rings (SSSR count). The molecule has 0 saturated heterocycles. The zero-order valence-electron chi connectivity index (χ0n) is 10.1. The van der Waals surface area contributed by atoms with Gasteiger partial charge >= 0.3 is 0 Å². The van der Waals surface area contributed by atoms with Gasteiger partial charge in [0.15, 0.2) is 0 Å². The second-order valence-corrected chi connectivity index (χ2v) is 5.92. The Kier molecular flexibility index (Phi) is 3.52. The van der Waals surface area contributed by atoms with Crippen molar-refractivity contribution >= 4 is 27.5 Å². The minimum absolute atomic E-state index is 0.00243. The highest BCUT2D eigenvalue weighted by molar-refractivity contribution is 9.10. The van der Waals surface area contributed by atoms with E-state index < -0.39 is 0 Å².